The number of likely N-dealkylation sites (tertiary alicyclic amines) is 2. The molecule has 190 valence electrons. The van der Waals surface area contributed by atoms with Crippen LogP contribution >= 0.6 is 11.3 Å². The molecule has 2 fully saturated rings. The number of benzene rings is 1. The summed E-state index contributed by atoms with van der Waals surface area (Å²) in [5, 5.41) is 20.6. The molecule has 0 saturated carbocycles. The molecule has 2 amide bonds. The zero-order valence-corrected chi connectivity index (χ0v) is 20.4. The van der Waals surface area contributed by atoms with Crippen LogP contribution in [0.5, 0.6) is 5.19 Å². The topological polar surface area (TPSA) is 132 Å². The molecule has 0 aliphatic carbocycles. The monoisotopic (exact) mass is 504 g/mol. The van der Waals surface area contributed by atoms with Gasteiger partial charge in [-0.05, 0) is 37.7 Å². The highest BCUT2D eigenvalue weighted by Crippen LogP contribution is 2.24. The van der Waals surface area contributed by atoms with Crippen LogP contribution in [0.25, 0.3) is 0 Å². The van der Waals surface area contributed by atoms with Gasteiger partial charge in [0.15, 0.2) is 0 Å². The predicted molar refractivity (Wildman–Crippen MR) is 131 cm³/mol. The van der Waals surface area contributed by atoms with Crippen molar-refractivity contribution >= 4 is 29.3 Å². The average Bonchev–Trinajstić information content (AvgIpc) is 3.39. The molecule has 10 nitrogen and oxygen atoms in total. The second-order valence-electron chi connectivity index (χ2n) is 8.45. The smallest absolute Gasteiger partial charge is 0.414 e. The van der Waals surface area contributed by atoms with Crippen LogP contribution in [-0.4, -0.2) is 87.8 Å². The molecule has 2 saturated heterocycles. The Hall–Kier alpha value is -3.18. The van der Waals surface area contributed by atoms with E-state index in [2.05, 4.69) is 27.3 Å². The van der Waals surface area contributed by atoms with E-state index in [1.54, 1.807) is 17.5 Å². The summed E-state index contributed by atoms with van der Waals surface area (Å²) in [5.74, 6) is -3.65. The maximum Gasteiger partial charge on any atom is 0.414 e. The van der Waals surface area contributed by atoms with Crippen LogP contribution in [0.3, 0.4) is 0 Å². The number of aromatic nitrogens is 1. The number of carbonyl (C=O) groups is 3. The first-order chi connectivity index (χ1) is 16.9. The molecule has 0 unspecified atom stereocenters. The number of thiazole rings is 1. The van der Waals surface area contributed by atoms with Crippen molar-refractivity contribution in [1.29, 1.82) is 0 Å². The Bertz CT molecular complexity index is 915. The van der Waals surface area contributed by atoms with E-state index >= 15 is 0 Å². The number of hydrogen-bond donors (Lipinski definition) is 3. The third-order valence-electron chi connectivity index (χ3n) is 6.14. The Labute approximate surface area is 208 Å². The molecule has 2 aliphatic heterocycles. The molecule has 0 atom stereocenters. The average molecular weight is 505 g/mol. The molecule has 0 bridgehead atoms. The van der Waals surface area contributed by atoms with Gasteiger partial charge in [0.25, 0.3) is 5.19 Å². The number of rotatable bonds is 6. The molecule has 1 aromatic heterocycles. The third-order valence-corrected chi connectivity index (χ3v) is 6.80. The van der Waals surface area contributed by atoms with E-state index in [1.165, 1.54) is 5.56 Å². The Balaban J connectivity index is 0.000000509. The molecular formula is C24H32N4O6S. The lowest BCUT2D eigenvalue weighted by Crippen LogP contribution is -2.52. The minimum atomic E-state index is -1.82. The Morgan fingerprint density at radius 3 is 2.23 bits per heavy atom. The maximum atomic E-state index is 12.4. The zero-order valence-electron chi connectivity index (χ0n) is 19.5. The SMILES string of the molecule is O=C(NCCc1ccccc1)N1CCC(N2CCC(Oc3nccs3)CC2)CC1.O=C(O)C(=O)O. The first-order valence-electron chi connectivity index (χ1n) is 11.8. The van der Waals surface area contributed by atoms with E-state index in [0.29, 0.717) is 12.6 Å². The van der Waals surface area contributed by atoms with Gasteiger partial charge < -0.3 is 25.2 Å². The molecule has 1 aromatic carbocycles. The molecule has 4 rings (SSSR count). The Morgan fingerprint density at radius 2 is 1.66 bits per heavy atom. The molecule has 35 heavy (non-hydrogen) atoms. The van der Waals surface area contributed by atoms with Gasteiger partial charge in [0.1, 0.15) is 6.10 Å². The Kier molecular flexibility index (Phi) is 10.3. The summed E-state index contributed by atoms with van der Waals surface area (Å²) in [6.45, 7) is 4.53. The second kappa shape index (κ2) is 13.6. The van der Waals surface area contributed by atoms with Gasteiger partial charge in [-0.1, -0.05) is 41.7 Å². The Morgan fingerprint density at radius 1 is 1.00 bits per heavy atom. The summed E-state index contributed by atoms with van der Waals surface area (Å²) in [6.07, 6.45) is 7.18. The van der Waals surface area contributed by atoms with Crippen molar-refractivity contribution in [2.45, 2.75) is 44.2 Å². The van der Waals surface area contributed by atoms with Crippen molar-refractivity contribution in [1.82, 2.24) is 20.1 Å². The first-order valence-corrected chi connectivity index (χ1v) is 12.6. The number of nitrogens with one attached hydrogen (secondary N) is 1. The van der Waals surface area contributed by atoms with E-state index in [9.17, 15) is 4.79 Å². The van der Waals surface area contributed by atoms with Crippen molar-refractivity contribution in [3.63, 3.8) is 0 Å². The minimum Gasteiger partial charge on any atom is -0.473 e. The summed E-state index contributed by atoms with van der Waals surface area (Å²) in [5.41, 5.74) is 1.26. The molecule has 3 N–H and O–H groups in total. The molecule has 11 heteroatoms. The van der Waals surface area contributed by atoms with Crippen LogP contribution in [0.15, 0.2) is 41.9 Å². The van der Waals surface area contributed by atoms with Gasteiger partial charge in [-0.25, -0.2) is 19.4 Å². The quantitative estimate of drug-likeness (QED) is 0.512. The number of ether oxygens (including phenoxy) is 1. The highest BCUT2D eigenvalue weighted by molar-refractivity contribution is 7.11. The van der Waals surface area contributed by atoms with Gasteiger partial charge in [-0.2, -0.15) is 0 Å². The number of amides is 2. The number of urea groups is 1. The second-order valence-corrected chi connectivity index (χ2v) is 9.30. The number of carboxylic acid groups (broad SMARTS) is 2. The molecule has 0 radical (unpaired) electrons. The fraction of sp³-hybridized carbons (Fsp3) is 0.500. The lowest BCUT2D eigenvalue weighted by molar-refractivity contribution is -0.159. The number of carbonyl (C=O) groups excluding carboxylic acids is 1. The highest BCUT2D eigenvalue weighted by Gasteiger charge is 2.30. The minimum absolute atomic E-state index is 0.0786. The van der Waals surface area contributed by atoms with E-state index in [4.69, 9.17) is 24.5 Å². The predicted octanol–water partition coefficient (Wildman–Crippen LogP) is 2.56. The first kappa shape index (κ1) is 26.4. The van der Waals surface area contributed by atoms with Gasteiger partial charge in [-0.15, -0.1) is 0 Å². The molecule has 2 aliphatic rings. The third kappa shape index (κ3) is 8.84. The van der Waals surface area contributed by atoms with Crippen LogP contribution in [0.1, 0.15) is 31.2 Å². The van der Waals surface area contributed by atoms with Gasteiger partial charge in [0.2, 0.25) is 0 Å². The lowest BCUT2D eigenvalue weighted by atomic mass is 9.99. The fourth-order valence-electron chi connectivity index (χ4n) is 4.27. The number of carboxylic acids is 2. The van der Waals surface area contributed by atoms with Crippen molar-refractivity contribution in [2.24, 2.45) is 0 Å². The number of piperidine rings is 2. The molecule has 0 spiro atoms. The van der Waals surface area contributed by atoms with Crippen LogP contribution in [-0.2, 0) is 16.0 Å². The summed E-state index contributed by atoms with van der Waals surface area (Å²) in [7, 11) is 0. The summed E-state index contributed by atoms with van der Waals surface area (Å²) >= 11 is 1.56. The van der Waals surface area contributed by atoms with Crippen LogP contribution in [0.4, 0.5) is 4.79 Å². The number of hydrogen-bond acceptors (Lipinski definition) is 7. The normalized spacial score (nSPS) is 17.2. The van der Waals surface area contributed by atoms with Gasteiger partial charge in [-0.3, -0.25) is 4.90 Å². The summed E-state index contributed by atoms with van der Waals surface area (Å²) < 4.78 is 5.97. The summed E-state index contributed by atoms with van der Waals surface area (Å²) in [6, 6.07) is 11.0. The fourth-order valence-corrected chi connectivity index (χ4v) is 4.83. The van der Waals surface area contributed by atoms with Gasteiger partial charge >= 0.3 is 18.0 Å². The van der Waals surface area contributed by atoms with Crippen LogP contribution in [0, 0.1) is 0 Å². The largest absolute Gasteiger partial charge is 0.473 e. The molecular weight excluding hydrogens is 472 g/mol. The zero-order chi connectivity index (χ0) is 25.0. The van der Waals surface area contributed by atoms with Crippen molar-refractivity contribution in [3.8, 4) is 5.19 Å². The van der Waals surface area contributed by atoms with Crippen LogP contribution < -0.4 is 10.1 Å². The van der Waals surface area contributed by atoms with Crippen molar-refractivity contribution in [3.05, 3.63) is 47.5 Å². The van der Waals surface area contributed by atoms with Crippen molar-refractivity contribution < 1.29 is 29.3 Å². The van der Waals surface area contributed by atoms with Gasteiger partial charge in [0.05, 0.1) is 0 Å². The van der Waals surface area contributed by atoms with E-state index < -0.39 is 11.9 Å². The summed E-state index contributed by atoms with van der Waals surface area (Å²) in [4.78, 5) is 39.4. The highest BCUT2D eigenvalue weighted by atomic mass is 32.1. The van der Waals surface area contributed by atoms with E-state index in [1.807, 2.05) is 28.5 Å². The molecule has 2 aromatic rings. The van der Waals surface area contributed by atoms with Crippen LogP contribution in [0.2, 0.25) is 0 Å². The van der Waals surface area contributed by atoms with E-state index in [-0.39, 0.29) is 12.1 Å². The molecule has 3 heterocycles. The number of aliphatic carboxylic acids is 2. The number of nitrogens with zero attached hydrogens (tertiary/aromatic N) is 3. The van der Waals surface area contributed by atoms with E-state index in [0.717, 1.165) is 63.5 Å². The lowest BCUT2D eigenvalue weighted by Gasteiger charge is -2.41. The van der Waals surface area contributed by atoms with Crippen molar-refractivity contribution in [2.75, 3.05) is 32.7 Å². The van der Waals surface area contributed by atoms with Gasteiger partial charge in [0, 0.05) is 50.3 Å². The standard InChI is InChI=1S/C22H30N4O2S.C2H2O4/c27-21(23-11-6-18-4-2-1-3-5-18)26-13-7-19(8-14-26)25-15-9-20(10-16-25)28-22-24-12-17-29-22;3-1(4)2(5)6/h1-5,12,17,19-20H,6-11,13-16H2,(H,23,27);(H,3,4)(H,5,6). The maximum absolute atomic E-state index is 12.4.